The van der Waals surface area contributed by atoms with Crippen LogP contribution in [-0.2, 0) is 0 Å². The summed E-state index contributed by atoms with van der Waals surface area (Å²) in [6, 6.07) is 6.14. The van der Waals surface area contributed by atoms with E-state index in [0.717, 1.165) is 25.9 Å². The molecule has 0 aromatic heterocycles. The third-order valence-corrected chi connectivity index (χ3v) is 4.28. The summed E-state index contributed by atoms with van der Waals surface area (Å²) in [4.78, 5) is 14.5. The van der Waals surface area contributed by atoms with Crippen molar-refractivity contribution in [2.45, 2.75) is 38.7 Å². The van der Waals surface area contributed by atoms with E-state index in [9.17, 15) is 14.3 Å². The van der Waals surface area contributed by atoms with Crippen LogP contribution in [0.25, 0.3) is 0 Å². The standard InChI is InChI=1S/C17H24FNO2/c1-13(16(20)14-6-3-4-7-15(14)18)12-19-10-5-8-17(2,21)9-11-19/h3-4,6-7,13,21H,5,8-12H2,1-2H3. The molecule has 1 N–H and O–H groups in total. The molecule has 1 aromatic carbocycles. The first-order valence-corrected chi connectivity index (χ1v) is 7.62. The Kier molecular flexibility index (Phi) is 5.12. The van der Waals surface area contributed by atoms with Crippen molar-refractivity contribution in [1.29, 1.82) is 0 Å². The van der Waals surface area contributed by atoms with E-state index in [1.807, 2.05) is 13.8 Å². The molecule has 116 valence electrons. The molecule has 0 aliphatic carbocycles. The number of carbonyl (C=O) groups is 1. The Morgan fingerprint density at radius 3 is 2.81 bits per heavy atom. The van der Waals surface area contributed by atoms with E-state index in [-0.39, 0.29) is 17.3 Å². The number of hydrogen-bond acceptors (Lipinski definition) is 3. The molecule has 2 atom stereocenters. The van der Waals surface area contributed by atoms with Gasteiger partial charge in [0.2, 0.25) is 0 Å². The van der Waals surface area contributed by atoms with Gasteiger partial charge in [-0.05, 0) is 44.9 Å². The summed E-state index contributed by atoms with van der Waals surface area (Å²) in [7, 11) is 0. The van der Waals surface area contributed by atoms with Gasteiger partial charge in [0.05, 0.1) is 11.2 Å². The molecule has 0 bridgehead atoms. The lowest BCUT2D eigenvalue weighted by molar-refractivity contribution is 0.0442. The predicted octanol–water partition coefficient (Wildman–Crippen LogP) is 2.88. The summed E-state index contributed by atoms with van der Waals surface area (Å²) >= 11 is 0. The Balaban J connectivity index is 1.96. The molecular weight excluding hydrogens is 269 g/mol. The molecule has 0 spiro atoms. The van der Waals surface area contributed by atoms with Gasteiger partial charge in [-0.1, -0.05) is 19.1 Å². The predicted molar refractivity (Wildman–Crippen MR) is 80.8 cm³/mol. The SMILES string of the molecule is CC(CN1CCCC(C)(O)CC1)C(=O)c1ccccc1F. The summed E-state index contributed by atoms with van der Waals surface area (Å²) in [5, 5.41) is 10.1. The van der Waals surface area contributed by atoms with Gasteiger partial charge in [0.15, 0.2) is 5.78 Å². The quantitative estimate of drug-likeness (QED) is 0.868. The molecule has 1 heterocycles. The van der Waals surface area contributed by atoms with Gasteiger partial charge in [0.25, 0.3) is 0 Å². The minimum absolute atomic E-state index is 0.149. The highest BCUT2D eigenvalue weighted by Crippen LogP contribution is 2.22. The van der Waals surface area contributed by atoms with E-state index in [1.165, 1.54) is 6.07 Å². The number of aliphatic hydroxyl groups is 1. The normalized spacial score (nSPS) is 25.3. The van der Waals surface area contributed by atoms with Gasteiger partial charge in [0.1, 0.15) is 5.82 Å². The molecule has 0 radical (unpaired) electrons. The maximum Gasteiger partial charge on any atom is 0.169 e. The first-order valence-electron chi connectivity index (χ1n) is 7.62. The zero-order valence-corrected chi connectivity index (χ0v) is 12.8. The van der Waals surface area contributed by atoms with Crippen LogP contribution in [0, 0.1) is 11.7 Å². The van der Waals surface area contributed by atoms with Crippen molar-refractivity contribution < 1.29 is 14.3 Å². The zero-order chi connectivity index (χ0) is 15.5. The van der Waals surface area contributed by atoms with E-state index < -0.39 is 11.4 Å². The molecule has 1 aliphatic heterocycles. The monoisotopic (exact) mass is 293 g/mol. The van der Waals surface area contributed by atoms with Gasteiger partial charge in [-0.25, -0.2) is 4.39 Å². The van der Waals surface area contributed by atoms with Gasteiger partial charge >= 0.3 is 0 Å². The topological polar surface area (TPSA) is 40.5 Å². The fourth-order valence-corrected chi connectivity index (χ4v) is 2.90. The molecule has 1 saturated heterocycles. The van der Waals surface area contributed by atoms with Crippen LogP contribution in [0.2, 0.25) is 0 Å². The highest BCUT2D eigenvalue weighted by atomic mass is 19.1. The molecule has 0 saturated carbocycles. The van der Waals surface area contributed by atoms with Gasteiger partial charge < -0.3 is 10.0 Å². The molecule has 1 aliphatic rings. The van der Waals surface area contributed by atoms with Crippen molar-refractivity contribution in [2.24, 2.45) is 5.92 Å². The average molecular weight is 293 g/mol. The average Bonchev–Trinajstić information content (AvgIpc) is 2.60. The number of benzene rings is 1. The highest BCUT2D eigenvalue weighted by Gasteiger charge is 2.27. The lowest BCUT2D eigenvalue weighted by Gasteiger charge is -2.24. The van der Waals surface area contributed by atoms with Crippen LogP contribution in [0.15, 0.2) is 24.3 Å². The third-order valence-electron chi connectivity index (χ3n) is 4.28. The molecule has 2 rings (SSSR count). The minimum atomic E-state index is -0.604. The number of hydrogen-bond donors (Lipinski definition) is 1. The molecule has 3 nitrogen and oxygen atoms in total. The van der Waals surface area contributed by atoms with Gasteiger partial charge in [-0.2, -0.15) is 0 Å². The van der Waals surface area contributed by atoms with Crippen LogP contribution in [0.4, 0.5) is 4.39 Å². The number of likely N-dealkylation sites (tertiary alicyclic amines) is 1. The Hall–Kier alpha value is -1.26. The number of ketones is 1. The molecule has 4 heteroatoms. The van der Waals surface area contributed by atoms with Crippen LogP contribution in [0.3, 0.4) is 0 Å². The van der Waals surface area contributed by atoms with Crippen molar-refractivity contribution in [3.05, 3.63) is 35.6 Å². The lowest BCUT2D eigenvalue weighted by atomic mass is 9.97. The van der Waals surface area contributed by atoms with Crippen molar-refractivity contribution in [1.82, 2.24) is 4.90 Å². The molecule has 21 heavy (non-hydrogen) atoms. The second-order valence-corrected chi connectivity index (χ2v) is 6.40. The Morgan fingerprint density at radius 2 is 2.10 bits per heavy atom. The van der Waals surface area contributed by atoms with E-state index in [4.69, 9.17) is 0 Å². The maximum atomic E-state index is 13.7. The maximum absolute atomic E-state index is 13.7. The minimum Gasteiger partial charge on any atom is -0.390 e. The van der Waals surface area contributed by atoms with Crippen LogP contribution in [0.1, 0.15) is 43.5 Å². The summed E-state index contributed by atoms with van der Waals surface area (Å²) < 4.78 is 13.7. The van der Waals surface area contributed by atoms with Crippen molar-refractivity contribution in [2.75, 3.05) is 19.6 Å². The van der Waals surface area contributed by atoms with E-state index in [2.05, 4.69) is 4.90 Å². The summed E-state index contributed by atoms with van der Waals surface area (Å²) in [6.45, 7) is 5.98. The van der Waals surface area contributed by atoms with Gasteiger partial charge in [-0.15, -0.1) is 0 Å². The molecule has 0 amide bonds. The van der Waals surface area contributed by atoms with Crippen LogP contribution >= 0.6 is 0 Å². The fourth-order valence-electron chi connectivity index (χ4n) is 2.90. The first-order chi connectivity index (χ1) is 9.89. The Morgan fingerprint density at radius 1 is 1.38 bits per heavy atom. The summed E-state index contributed by atoms with van der Waals surface area (Å²) in [6.07, 6.45) is 2.43. The van der Waals surface area contributed by atoms with Crippen LogP contribution < -0.4 is 0 Å². The lowest BCUT2D eigenvalue weighted by Crippen LogP contribution is -2.34. The number of nitrogens with zero attached hydrogens (tertiary/aromatic N) is 1. The first kappa shape index (κ1) is 16.1. The molecular formula is C17H24FNO2. The molecule has 1 aromatic rings. The summed E-state index contributed by atoms with van der Waals surface area (Å²) in [5.41, 5.74) is -0.431. The van der Waals surface area contributed by atoms with Gasteiger partial charge in [0, 0.05) is 19.0 Å². The van der Waals surface area contributed by atoms with E-state index in [1.54, 1.807) is 18.2 Å². The molecule has 1 fully saturated rings. The van der Waals surface area contributed by atoms with Crippen LogP contribution in [-0.4, -0.2) is 41.0 Å². The Labute approximate surface area is 125 Å². The van der Waals surface area contributed by atoms with Crippen molar-refractivity contribution in [3.8, 4) is 0 Å². The van der Waals surface area contributed by atoms with Crippen molar-refractivity contribution >= 4 is 5.78 Å². The van der Waals surface area contributed by atoms with E-state index >= 15 is 0 Å². The zero-order valence-electron chi connectivity index (χ0n) is 12.8. The number of rotatable bonds is 4. The van der Waals surface area contributed by atoms with Gasteiger partial charge in [-0.3, -0.25) is 4.79 Å². The van der Waals surface area contributed by atoms with E-state index in [0.29, 0.717) is 13.0 Å². The Bertz CT molecular complexity index is 501. The fraction of sp³-hybridized carbons (Fsp3) is 0.588. The second kappa shape index (κ2) is 6.67. The number of halogens is 1. The third kappa shape index (κ3) is 4.35. The van der Waals surface area contributed by atoms with Crippen LogP contribution in [0.5, 0.6) is 0 Å². The highest BCUT2D eigenvalue weighted by molar-refractivity contribution is 5.98. The number of carbonyl (C=O) groups excluding carboxylic acids is 1. The summed E-state index contributed by atoms with van der Waals surface area (Å²) in [5.74, 6) is -0.845. The smallest absolute Gasteiger partial charge is 0.169 e. The molecule has 2 unspecified atom stereocenters. The number of Topliss-reactive ketones (excluding diaryl/α,β-unsaturated/α-hetero) is 1. The van der Waals surface area contributed by atoms with Crippen molar-refractivity contribution in [3.63, 3.8) is 0 Å². The largest absolute Gasteiger partial charge is 0.390 e. The second-order valence-electron chi connectivity index (χ2n) is 6.40.